The minimum atomic E-state index is -0.276. The monoisotopic (exact) mass is 622 g/mol. The highest BCUT2D eigenvalue weighted by Gasteiger charge is 2.29. The smallest absolute Gasteiger partial charge is 0.149 e. The number of hydrogen-bond acceptors (Lipinski definition) is 4. The average Bonchev–Trinajstić information content (AvgIpc) is 3.39. The molecule has 0 bridgehead atoms. The van der Waals surface area contributed by atoms with Crippen LogP contribution >= 0.6 is 0 Å². The maximum atomic E-state index is 12.1. The number of hydrogen-bond donors (Lipinski definition) is 1. The predicted octanol–water partition coefficient (Wildman–Crippen LogP) is 10.9. The first-order chi connectivity index (χ1) is 22.1. The van der Waals surface area contributed by atoms with E-state index >= 15 is 0 Å². The summed E-state index contributed by atoms with van der Waals surface area (Å²) in [6.45, 7) is 21.8. The minimum Gasteiger partial charge on any atom is -0.507 e. The molecule has 0 unspecified atom stereocenters. The number of phenols is 1. The molecule has 0 spiro atoms. The second kappa shape index (κ2) is 11.8. The lowest BCUT2D eigenvalue weighted by Gasteiger charge is -2.27. The molecule has 0 saturated heterocycles. The van der Waals surface area contributed by atoms with Crippen molar-refractivity contribution in [3.05, 3.63) is 113 Å². The number of nitrogens with zero attached hydrogens (tertiary/aromatic N) is 4. The van der Waals surface area contributed by atoms with Crippen LogP contribution in [0, 0.1) is 13.8 Å². The molecular weight excluding hydrogens is 576 g/mol. The summed E-state index contributed by atoms with van der Waals surface area (Å²) in [4.78, 5) is 15.1. The van der Waals surface area contributed by atoms with Gasteiger partial charge in [0.2, 0.25) is 0 Å². The lowest BCUT2D eigenvalue weighted by Crippen LogP contribution is -2.17. The molecule has 1 N–H and O–H groups in total. The zero-order chi connectivity index (χ0) is 33.8. The molecular formula is C42H46N4O. The first kappa shape index (κ1) is 32.2. The quantitative estimate of drug-likeness (QED) is 0.208. The summed E-state index contributed by atoms with van der Waals surface area (Å²) in [7, 11) is 0. The van der Waals surface area contributed by atoms with Crippen molar-refractivity contribution in [2.75, 3.05) is 0 Å². The zero-order valence-corrected chi connectivity index (χ0v) is 29.4. The summed E-state index contributed by atoms with van der Waals surface area (Å²) >= 11 is 0. The number of phenolic OH excluding ortho intramolecular Hbond substituents is 1. The van der Waals surface area contributed by atoms with Crippen LogP contribution in [0.3, 0.4) is 0 Å². The van der Waals surface area contributed by atoms with Gasteiger partial charge in [0, 0.05) is 29.1 Å². The van der Waals surface area contributed by atoms with Gasteiger partial charge in [-0.3, -0.25) is 14.5 Å². The highest BCUT2D eigenvalue weighted by atomic mass is 16.3. The van der Waals surface area contributed by atoms with Gasteiger partial charge < -0.3 is 5.11 Å². The lowest BCUT2D eigenvalue weighted by molar-refractivity contribution is 0.446. The van der Waals surface area contributed by atoms with Crippen molar-refractivity contribution in [3.8, 4) is 45.3 Å². The SMILES string of the molecule is Cc1cccc(C)c1-n1c(-c2cc(C(C)(C)C)cc(C(C)(C)C)c2O)nc2c(-c3cc(-c4ccccn4)cc(C(C)C)c3)nccc21. The number of benzene rings is 3. The summed E-state index contributed by atoms with van der Waals surface area (Å²) in [6.07, 6.45) is 3.71. The van der Waals surface area contributed by atoms with E-state index in [9.17, 15) is 5.11 Å². The van der Waals surface area contributed by atoms with E-state index in [-0.39, 0.29) is 16.6 Å². The van der Waals surface area contributed by atoms with Crippen LogP contribution in [0.1, 0.15) is 89.1 Å². The molecule has 5 nitrogen and oxygen atoms in total. The molecule has 0 amide bonds. The molecule has 5 heteroatoms. The second-order valence-corrected chi connectivity index (χ2v) is 15.2. The molecule has 240 valence electrons. The molecule has 6 rings (SSSR count). The first-order valence-electron chi connectivity index (χ1n) is 16.5. The molecule has 0 atom stereocenters. The van der Waals surface area contributed by atoms with Gasteiger partial charge in [-0.1, -0.05) is 85.7 Å². The Morgan fingerprint density at radius 1 is 0.723 bits per heavy atom. The third kappa shape index (κ3) is 5.95. The van der Waals surface area contributed by atoms with E-state index in [1.54, 1.807) is 0 Å². The van der Waals surface area contributed by atoms with Gasteiger partial charge in [-0.15, -0.1) is 0 Å². The van der Waals surface area contributed by atoms with E-state index in [0.717, 1.165) is 67.1 Å². The Hall–Kier alpha value is -4.77. The molecule has 47 heavy (non-hydrogen) atoms. The highest BCUT2D eigenvalue weighted by molar-refractivity contribution is 5.95. The number of aromatic hydroxyl groups is 1. The van der Waals surface area contributed by atoms with Crippen LogP contribution in [0.5, 0.6) is 5.75 Å². The Bertz CT molecular complexity index is 2090. The van der Waals surface area contributed by atoms with Crippen molar-refractivity contribution in [1.82, 2.24) is 19.5 Å². The Morgan fingerprint density at radius 3 is 2.04 bits per heavy atom. The summed E-state index contributed by atoms with van der Waals surface area (Å²) in [6, 6.07) is 25.3. The maximum absolute atomic E-state index is 12.1. The van der Waals surface area contributed by atoms with E-state index in [0.29, 0.717) is 11.7 Å². The van der Waals surface area contributed by atoms with Crippen LogP contribution in [0.2, 0.25) is 0 Å². The number of imidazole rings is 1. The number of pyridine rings is 2. The zero-order valence-electron chi connectivity index (χ0n) is 29.4. The average molecular weight is 623 g/mol. The van der Waals surface area contributed by atoms with Crippen LogP contribution < -0.4 is 0 Å². The van der Waals surface area contributed by atoms with E-state index in [1.165, 1.54) is 5.56 Å². The standard InChI is InChI=1S/C42H46N4O/c1-25(2)28-20-29(34-16-11-12-18-43-34)22-30(21-28)36-37-35(17-19-44-36)46(38-26(3)14-13-15-27(38)4)40(45-37)32-23-31(41(5,6)7)24-33(39(32)47)42(8,9)10/h11-25,47H,1-10H3. The van der Waals surface area contributed by atoms with Gasteiger partial charge in [-0.05, 0) is 95.3 Å². The number of aryl methyl sites for hydroxylation is 2. The summed E-state index contributed by atoms with van der Waals surface area (Å²) < 4.78 is 2.23. The predicted molar refractivity (Wildman–Crippen MR) is 196 cm³/mol. The molecule has 3 heterocycles. The van der Waals surface area contributed by atoms with Crippen LogP contribution in [0.4, 0.5) is 0 Å². The largest absolute Gasteiger partial charge is 0.507 e. The molecule has 0 fully saturated rings. The normalized spacial score (nSPS) is 12.3. The van der Waals surface area contributed by atoms with Gasteiger partial charge in [0.25, 0.3) is 0 Å². The fourth-order valence-electron chi connectivity index (χ4n) is 6.39. The summed E-state index contributed by atoms with van der Waals surface area (Å²) in [5, 5.41) is 12.1. The Morgan fingerprint density at radius 2 is 1.43 bits per heavy atom. The van der Waals surface area contributed by atoms with Crippen LogP contribution in [-0.2, 0) is 10.8 Å². The molecule has 0 aliphatic heterocycles. The van der Waals surface area contributed by atoms with Crippen molar-refractivity contribution < 1.29 is 5.11 Å². The van der Waals surface area contributed by atoms with Gasteiger partial charge >= 0.3 is 0 Å². The van der Waals surface area contributed by atoms with Crippen molar-refractivity contribution in [3.63, 3.8) is 0 Å². The molecule has 0 aliphatic carbocycles. The van der Waals surface area contributed by atoms with Gasteiger partial charge in [-0.2, -0.15) is 0 Å². The van der Waals surface area contributed by atoms with E-state index in [4.69, 9.17) is 9.97 Å². The highest BCUT2D eigenvalue weighted by Crippen LogP contribution is 2.44. The van der Waals surface area contributed by atoms with Crippen molar-refractivity contribution in [2.24, 2.45) is 0 Å². The maximum Gasteiger partial charge on any atom is 0.149 e. The molecule has 0 radical (unpaired) electrons. The van der Waals surface area contributed by atoms with Gasteiger partial charge in [-0.25, -0.2) is 4.98 Å². The molecule has 3 aromatic carbocycles. The fourth-order valence-corrected chi connectivity index (χ4v) is 6.39. The Balaban J connectivity index is 1.74. The summed E-state index contributed by atoms with van der Waals surface area (Å²) in [5.74, 6) is 1.28. The van der Waals surface area contributed by atoms with Crippen LogP contribution in [0.15, 0.2) is 85.2 Å². The Labute approximate surface area is 279 Å². The molecule has 6 aromatic rings. The Kier molecular flexibility index (Phi) is 8.07. The number of fused-ring (bicyclic) bond motifs is 1. The third-order valence-electron chi connectivity index (χ3n) is 9.12. The van der Waals surface area contributed by atoms with E-state index in [1.807, 2.05) is 36.7 Å². The number of aromatic nitrogens is 4. The van der Waals surface area contributed by atoms with Crippen LogP contribution in [0.25, 0.3) is 50.6 Å². The van der Waals surface area contributed by atoms with Crippen molar-refractivity contribution in [2.45, 2.75) is 86.0 Å². The van der Waals surface area contributed by atoms with Crippen LogP contribution in [-0.4, -0.2) is 24.6 Å². The van der Waals surface area contributed by atoms with E-state index in [2.05, 4.69) is 127 Å². The second-order valence-electron chi connectivity index (χ2n) is 15.2. The molecule has 3 aromatic heterocycles. The third-order valence-corrected chi connectivity index (χ3v) is 9.12. The molecule has 0 aliphatic rings. The first-order valence-corrected chi connectivity index (χ1v) is 16.5. The summed E-state index contributed by atoms with van der Waals surface area (Å²) in [5.41, 5.74) is 12.4. The number of rotatable bonds is 5. The topological polar surface area (TPSA) is 63.8 Å². The van der Waals surface area contributed by atoms with Gasteiger partial charge in [0.1, 0.15) is 17.1 Å². The minimum absolute atomic E-state index is 0.135. The number of para-hydroxylation sites is 1. The van der Waals surface area contributed by atoms with Crippen molar-refractivity contribution in [1.29, 1.82) is 0 Å². The van der Waals surface area contributed by atoms with Crippen molar-refractivity contribution >= 4 is 11.0 Å². The van der Waals surface area contributed by atoms with Gasteiger partial charge in [0.05, 0.1) is 28.2 Å². The van der Waals surface area contributed by atoms with Gasteiger partial charge in [0.15, 0.2) is 0 Å². The fraction of sp³-hybridized carbons (Fsp3) is 0.310. The van der Waals surface area contributed by atoms with E-state index < -0.39 is 0 Å². The molecule has 0 saturated carbocycles. The lowest BCUT2D eigenvalue weighted by atomic mass is 9.79.